The van der Waals surface area contributed by atoms with Crippen LogP contribution in [0, 0.1) is 13.8 Å². The third-order valence-electron chi connectivity index (χ3n) is 4.35. The number of rotatable bonds is 6. The number of carbonyl (C=O) groups excluding carboxylic acids is 2. The van der Waals surface area contributed by atoms with Crippen molar-refractivity contribution in [1.29, 1.82) is 0 Å². The van der Waals surface area contributed by atoms with Crippen LogP contribution in [-0.2, 0) is 16.0 Å². The smallest absolute Gasteiger partial charge is 0.252 e. The molecule has 0 radical (unpaired) electrons. The molecule has 2 N–H and O–H groups in total. The molecule has 152 valence electrons. The predicted octanol–water partition coefficient (Wildman–Crippen LogP) is 1.22. The van der Waals surface area contributed by atoms with Gasteiger partial charge in [0.05, 0.1) is 18.7 Å². The van der Waals surface area contributed by atoms with Crippen molar-refractivity contribution < 1.29 is 9.59 Å². The van der Waals surface area contributed by atoms with Crippen LogP contribution in [0.5, 0.6) is 0 Å². The van der Waals surface area contributed by atoms with Crippen LogP contribution in [0.2, 0.25) is 0 Å². The van der Waals surface area contributed by atoms with Crippen molar-refractivity contribution in [2.24, 2.45) is 0 Å². The van der Waals surface area contributed by atoms with Crippen LogP contribution in [0.25, 0.3) is 11.5 Å². The average Bonchev–Trinajstić information content (AvgIpc) is 3.37. The second-order valence-corrected chi connectivity index (χ2v) is 6.78. The number of carbonyl (C=O) groups is 2. The summed E-state index contributed by atoms with van der Waals surface area (Å²) >= 11 is 0. The number of anilines is 1. The van der Waals surface area contributed by atoms with Crippen LogP contribution in [0.4, 0.5) is 5.69 Å². The molecule has 0 atom stereocenters. The van der Waals surface area contributed by atoms with E-state index in [9.17, 15) is 9.59 Å². The summed E-state index contributed by atoms with van der Waals surface area (Å²) in [4.78, 5) is 32.8. The van der Waals surface area contributed by atoms with Crippen LogP contribution in [0.1, 0.15) is 17.2 Å². The van der Waals surface area contributed by atoms with Gasteiger partial charge < -0.3 is 10.6 Å². The third-order valence-corrected chi connectivity index (χ3v) is 4.35. The van der Waals surface area contributed by atoms with E-state index >= 15 is 0 Å². The number of hydrogen-bond acceptors (Lipinski definition) is 6. The van der Waals surface area contributed by atoms with Crippen molar-refractivity contribution in [2.75, 3.05) is 11.9 Å². The molecule has 4 aromatic rings. The molecule has 0 spiro atoms. The van der Waals surface area contributed by atoms with Crippen LogP contribution in [-0.4, -0.2) is 47.7 Å². The van der Waals surface area contributed by atoms with Gasteiger partial charge in [-0.15, -0.1) is 5.10 Å². The number of aryl methyl sites for hydroxylation is 2. The van der Waals surface area contributed by atoms with E-state index in [1.54, 1.807) is 27.5 Å². The van der Waals surface area contributed by atoms with E-state index in [0.717, 1.165) is 17.1 Å². The number of nitrogens with one attached hydrogen (secondary N) is 2. The Morgan fingerprint density at radius 2 is 1.87 bits per heavy atom. The molecule has 0 fully saturated rings. The monoisotopic (exact) mass is 404 g/mol. The number of fused-ring (bicyclic) bond motifs is 1. The lowest BCUT2D eigenvalue weighted by Crippen LogP contribution is -2.34. The van der Waals surface area contributed by atoms with E-state index in [4.69, 9.17) is 0 Å². The molecule has 1 aromatic carbocycles. The standard InChI is InChI=1S/C20H20N8O2/c1-13-10-14(2)28-20(23-13)25-17(26-28)11-18(29)21-12-19(30)24-15-4-6-16(7-5-15)27-9-3-8-22-27/h3-10H,11-12H2,1-2H3,(H,21,29)(H,24,30). The molecule has 4 rings (SSSR count). The molecule has 0 saturated heterocycles. The van der Waals surface area contributed by atoms with Crippen molar-refractivity contribution in [3.63, 3.8) is 0 Å². The molecule has 3 heterocycles. The summed E-state index contributed by atoms with van der Waals surface area (Å²) in [6, 6.07) is 10.9. The fraction of sp³-hybridized carbons (Fsp3) is 0.200. The maximum atomic E-state index is 12.2. The largest absolute Gasteiger partial charge is 0.347 e. The van der Waals surface area contributed by atoms with Crippen molar-refractivity contribution in [1.82, 2.24) is 34.7 Å². The molecule has 3 aromatic heterocycles. The first kappa shape index (κ1) is 19.2. The van der Waals surface area contributed by atoms with Gasteiger partial charge in [-0.05, 0) is 50.2 Å². The number of aromatic nitrogens is 6. The van der Waals surface area contributed by atoms with Gasteiger partial charge in [-0.25, -0.2) is 14.2 Å². The average molecular weight is 404 g/mol. The lowest BCUT2D eigenvalue weighted by Gasteiger charge is -2.07. The van der Waals surface area contributed by atoms with Gasteiger partial charge >= 0.3 is 0 Å². The lowest BCUT2D eigenvalue weighted by molar-refractivity contribution is -0.123. The van der Waals surface area contributed by atoms with Crippen LogP contribution in [0.3, 0.4) is 0 Å². The Hall–Kier alpha value is -4.08. The van der Waals surface area contributed by atoms with E-state index in [-0.39, 0.29) is 24.8 Å². The molecule has 0 bridgehead atoms. The van der Waals surface area contributed by atoms with E-state index in [0.29, 0.717) is 17.3 Å². The number of benzene rings is 1. The van der Waals surface area contributed by atoms with Gasteiger partial charge in [0.1, 0.15) is 0 Å². The minimum Gasteiger partial charge on any atom is -0.347 e. The zero-order chi connectivity index (χ0) is 21.1. The Morgan fingerprint density at radius 3 is 2.60 bits per heavy atom. The number of hydrogen-bond donors (Lipinski definition) is 2. The molecule has 10 heteroatoms. The van der Waals surface area contributed by atoms with Crippen LogP contribution >= 0.6 is 0 Å². The second-order valence-electron chi connectivity index (χ2n) is 6.78. The SMILES string of the molecule is Cc1cc(C)n2nc(CC(=O)NCC(=O)Nc3ccc(-n4cccn4)cc3)nc2n1. The van der Waals surface area contributed by atoms with Crippen molar-refractivity contribution in [3.8, 4) is 5.69 Å². The normalized spacial score (nSPS) is 10.9. The molecule has 0 saturated carbocycles. The first-order valence-electron chi connectivity index (χ1n) is 9.34. The lowest BCUT2D eigenvalue weighted by atomic mass is 10.3. The number of amides is 2. The molecule has 2 amide bonds. The molecule has 0 aliphatic heterocycles. The number of nitrogens with zero attached hydrogens (tertiary/aromatic N) is 6. The first-order chi connectivity index (χ1) is 14.5. The van der Waals surface area contributed by atoms with Crippen LogP contribution in [0.15, 0.2) is 48.8 Å². The van der Waals surface area contributed by atoms with Gasteiger partial charge in [-0.3, -0.25) is 9.59 Å². The van der Waals surface area contributed by atoms with Gasteiger partial charge in [0, 0.05) is 29.5 Å². The Balaban J connectivity index is 1.29. The van der Waals surface area contributed by atoms with Crippen molar-refractivity contribution in [2.45, 2.75) is 20.3 Å². The maximum absolute atomic E-state index is 12.2. The molecule has 0 aliphatic carbocycles. The topological polar surface area (TPSA) is 119 Å². The van der Waals surface area contributed by atoms with Crippen molar-refractivity contribution >= 4 is 23.3 Å². The van der Waals surface area contributed by atoms with Gasteiger partial charge in [0.2, 0.25) is 11.8 Å². The molecule has 30 heavy (non-hydrogen) atoms. The first-order valence-corrected chi connectivity index (χ1v) is 9.34. The summed E-state index contributed by atoms with van der Waals surface area (Å²) in [5, 5.41) is 13.8. The van der Waals surface area contributed by atoms with E-state index in [1.807, 2.05) is 44.3 Å². The summed E-state index contributed by atoms with van der Waals surface area (Å²) in [6.07, 6.45) is 3.49. The van der Waals surface area contributed by atoms with E-state index < -0.39 is 0 Å². The fourth-order valence-electron chi connectivity index (χ4n) is 2.99. The third kappa shape index (κ3) is 4.32. The van der Waals surface area contributed by atoms with Gasteiger partial charge in [-0.1, -0.05) is 0 Å². The molecule has 10 nitrogen and oxygen atoms in total. The summed E-state index contributed by atoms with van der Waals surface area (Å²) in [7, 11) is 0. The predicted molar refractivity (Wildman–Crippen MR) is 109 cm³/mol. The summed E-state index contributed by atoms with van der Waals surface area (Å²) in [5.41, 5.74) is 3.22. The highest BCUT2D eigenvalue weighted by molar-refractivity contribution is 5.94. The Bertz CT molecular complexity index is 1200. The Labute approximate surface area is 172 Å². The highest BCUT2D eigenvalue weighted by Crippen LogP contribution is 2.12. The van der Waals surface area contributed by atoms with Crippen LogP contribution < -0.4 is 10.6 Å². The zero-order valence-corrected chi connectivity index (χ0v) is 16.5. The second kappa shape index (κ2) is 8.11. The zero-order valence-electron chi connectivity index (χ0n) is 16.5. The van der Waals surface area contributed by atoms with Gasteiger partial charge in [-0.2, -0.15) is 10.1 Å². The van der Waals surface area contributed by atoms with Crippen molar-refractivity contribution in [3.05, 3.63) is 66.0 Å². The summed E-state index contributed by atoms with van der Waals surface area (Å²) in [5.74, 6) is 0.130. The highest BCUT2D eigenvalue weighted by atomic mass is 16.2. The summed E-state index contributed by atoms with van der Waals surface area (Å²) < 4.78 is 3.31. The minimum atomic E-state index is -0.343. The summed E-state index contributed by atoms with van der Waals surface area (Å²) in [6.45, 7) is 3.62. The van der Waals surface area contributed by atoms with E-state index in [1.165, 1.54) is 0 Å². The highest BCUT2D eigenvalue weighted by Gasteiger charge is 2.13. The van der Waals surface area contributed by atoms with E-state index in [2.05, 4.69) is 30.8 Å². The quantitative estimate of drug-likeness (QED) is 0.499. The van der Waals surface area contributed by atoms with Gasteiger partial charge in [0.25, 0.3) is 5.78 Å². The fourth-order valence-corrected chi connectivity index (χ4v) is 2.99. The Kier molecular flexibility index (Phi) is 5.21. The Morgan fingerprint density at radius 1 is 1.07 bits per heavy atom. The maximum Gasteiger partial charge on any atom is 0.252 e. The molecule has 0 unspecified atom stereocenters. The molecular weight excluding hydrogens is 384 g/mol. The minimum absolute atomic E-state index is 0.0340. The molecule has 0 aliphatic rings. The van der Waals surface area contributed by atoms with Gasteiger partial charge in [0.15, 0.2) is 5.82 Å². The molecular formula is C20H20N8O2.